The Kier molecular flexibility index (Phi) is 2.92. The van der Waals surface area contributed by atoms with E-state index in [0.717, 1.165) is 5.39 Å². The van der Waals surface area contributed by atoms with Crippen LogP contribution in [-0.2, 0) is 11.3 Å². The molecule has 2 N–H and O–H groups in total. The summed E-state index contributed by atoms with van der Waals surface area (Å²) in [5, 5.41) is 1.56. The molecule has 0 saturated heterocycles. The Bertz CT molecular complexity index is 560. The highest BCUT2D eigenvalue weighted by molar-refractivity contribution is 5.83. The van der Waals surface area contributed by atoms with Crippen molar-refractivity contribution in [2.24, 2.45) is 0 Å². The lowest BCUT2D eigenvalue weighted by atomic mass is 10.1. The van der Waals surface area contributed by atoms with Crippen LogP contribution < -0.4 is 11.3 Å². The first-order valence-corrected chi connectivity index (χ1v) is 5.11. The molecule has 0 atom stereocenters. The zero-order valence-electron chi connectivity index (χ0n) is 9.14. The highest BCUT2D eigenvalue weighted by atomic mass is 16.5. The Hall–Kier alpha value is -1.81. The topological polar surface area (TPSA) is 57.2 Å². The lowest BCUT2D eigenvalue weighted by Gasteiger charge is -2.10. The molecule has 0 amide bonds. The van der Waals surface area contributed by atoms with Crippen LogP contribution in [0.3, 0.4) is 0 Å². The van der Waals surface area contributed by atoms with Crippen LogP contribution in [0.4, 0.5) is 5.82 Å². The molecule has 4 nitrogen and oxygen atoms in total. The van der Waals surface area contributed by atoms with Gasteiger partial charge in [-0.25, -0.2) is 0 Å². The molecule has 4 heteroatoms. The number of ether oxygens (including phenoxy) is 1. The third-order valence-electron chi connectivity index (χ3n) is 2.57. The van der Waals surface area contributed by atoms with E-state index >= 15 is 0 Å². The van der Waals surface area contributed by atoms with Gasteiger partial charge in [-0.05, 0) is 17.5 Å². The van der Waals surface area contributed by atoms with E-state index < -0.39 is 0 Å². The molecule has 1 heterocycles. The van der Waals surface area contributed by atoms with Crippen molar-refractivity contribution in [2.45, 2.75) is 6.54 Å². The quantitative estimate of drug-likeness (QED) is 0.843. The van der Waals surface area contributed by atoms with E-state index in [1.54, 1.807) is 13.2 Å². The highest BCUT2D eigenvalue weighted by Crippen LogP contribution is 2.12. The van der Waals surface area contributed by atoms with E-state index in [0.29, 0.717) is 24.4 Å². The molecule has 0 radical (unpaired) electrons. The standard InChI is InChI=1S/C12H14N2O2/c1-16-7-6-14-11(13)8-9-4-2-3-5-10(9)12(14)15/h2-5,8H,6-7,13H2,1H3. The fraction of sp³-hybridized carbons (Fsp3) is 0.250. The lowest BCUT2D eigenvalue weighted by Crippen LogP contribution is -2.24. The minimum Gasteiger partial charge on any atom is -0.385 e. The average Bonchev–Trinajstić information content (AvgIpc) is 2.29. The predicted molar refractivity (Wildman–Crippen MR) is 64.5 cm³/mol. The van der Waals surface area contributed by atoms with Crippen molar-refractivity contribution >= 4 is 16.6 Å². The number of anilines is 1. The molecule has 1 aromatic heterocycles. The third-order valence-corrected chi connectivity index (χ3v) is 2.57. The molecular formula is C12H14N2O2. The van der Waals surface area contributed by atoms with Gasteiger partial charge in [0.25, 0.3) is 5.56 Å². The molecule has 0 saturated carbocycles. The van der Waals surface area contributed by atoms with Gasteiger partial charge in [0, 0.05) is 12.5 Å². The van der Waals surface area contributed by atoms with Crippen LogP contribution in [0.15, 0.2) is 35.1 Å². The fourth-order valence-corrected chi connectivity index (χ4v) is 1.73. The average molecular weight is 218 g/mol. The second-order valence-electron chi connectivity index (χ2n) is 3.61. The number of pyridine rings is 1. The maximum Gasteiger partial charge on any atom is 0.260 e. The molecule has 84 valence electrons. The van der Waals surface area contributed by atoms with Gasteiger partial charge >= 0.3 is 0 Å². The van der Waals surface area contributed by atoms with Crippen LogP contribution in [0.1, 0.15) is 0 Å². The summed E-state index contributed by atoms with van der Waals surface area (Å²) in [6.07, 6.45) is 0. The molecule has 0 fully saturated rings. The Morgan fingerprint density at radius 2 is 2.12 bits per heavy atom. The molecule has 0 bridgehead atoms. The van der Waals surface area contributed by atoms with Crippen LogP contribution in [0.5, 0.6) is 0 Å². The minimum absolute atomic E-state index is 0.0624. The Balaban J connectivity index is 2.61. The number of nitrogens with two attached hydrogens (primary N) is 1. The van der Waals surface area contributed by atoms with Crippen molar-refractivity contribution in [1.82, 2.24) is 4.57 Å². The first kappa shape index (κ1) is 10.7. The van der Waals surface area contributed by atoms with Gasteiger partial charge in [0.15, 0.2) is 0 Å². The van der Waals surface area contributed by atoms with Crippen molar-refractivity contribution in [3.63, 3.8) is 0 Å². The summed E-state index contributed by atoms with van der Waals surface area (Å²) in [6, 6.07) is 9.24. The van der Waals surface area contributed by atoms with Gasteiger partial charge in [-0.2, -0.15) is 0 Å². The Morgan fingerprint density at radius 1 is 1.38 bits per heavy atom. The number of hydrogen-bond acceptors (Lipinski definition) is 3. The second-order valence-corrected chi connectivity index (χ2v) is 3.61. The van der Waals surface area contributed by atoms with E-state index in [9.17, 15) is 4.79 Å². The molecule has 1 aromatic carbocycles. The maximum atomic E-state index is 12.1. The summed E-state index contributed by atoms with van der Waals surface area (Å²) in [6.45, 7) is 0.953. The van der Waals surface area contributed by atoms with Crippen molar-refractivity contribution in [2.75, 3.05) is 19.5 Å². The van der Waals surface area contributed by atoms with E-state index in [2.05, 4.69) is 0 Å². The second kappa shape index (κ2) is 4.37. The summed E-state index contributed by atoms with van der Waals surface area (Å²) in [7, 11) is 1.60. The first-order chi connectivity index (χ1) is 7.74. The largest absolute Gasteiger partial charge is 0.385 e. The van der Waals surface area contributed by atoms with Gasteiger partial charge in [-0.15, -0.1) is 0 Å². The lowest BCUT2D eigenvalue weighted by molar-refractivity contribution is 0.187. The molecule has 0 unspecified atom stereocenters. The molecule has 2 rings (SSSR count). The third kappa shape index (κ3) is 1.79. The summed E-state index contributed by atoms with van der Waals surface area (Å²) in [5.41, 5.74) is 5.77. The van der Waals surface area contributed by atoms with Crippen LogP contribution >= 0.6 is 0 Å². The van der Waals surface area contributed by atoms with Crippen molar-refractivity contribution in [3.05, 3.63) is 40.7 Å². The minimum atomic E-state index is -0.0624. The van der Waals surface area contributed by atoms with Gasteiger partial charge in [-0.1, -0.05) is 18.2 Å². The van der Waals surface area contributed by atoms with Gasteiger partial charge in [-0.3, -0.25) is 9.36 Å². The normalized spacial score (nSPS) is 10.8. The van der Waals surface area contributed by atoms with Gasteiger partial charge in [0.2, 0.25) is 0 Å². The molecule has 0 aliphatic carbocycles. The molecule has 0 aliphatic rings. The van der Waals surface area contributed by atoms with Crippen LogP contribution in [0.25, 0.3) is 10.8 Å². The van der Waals surface area contributed by atoms with Gasteiger partial charge in [0.05, 0.1) is 13.2 Å². The zero-order valence-corrected chi connectivity index (χ0v) is 9.14. The van der Waals surface area contributed by atoms with E-state index in [1.165, 1.54) is 4.57 Å². The zero-order chi connectivity index (χ0) is 11.5. The van der Waals surface area contributed by atoms with Crippen LogP contribution in [0, 0.1) is 0 Å². The van der Waals surface area contributed by atoms with E-state index in [4.69, 9.17) is 10.5 Å². The monoisotopic (exact) mass is 218 g/mol. The predicted octanol–water partition coefficient (Wildman–Crippen LogP) is 1.23. The summed E-state index contributed by atoms with van der Waals surface area (Å²) in [4.78, 5) is 12.1. The first-order valence-electron chi connectivity index (χ1n) is 5.11. The number of methoxy groups -OCH3 is 1. The van der Waals surface area contributed by atoms with Crippen molar-refractivity contribution in [3.8, 4) is 0 Å². The molecule has 16 heavy (non-hydrogen) atoms. The number of nitrogens with zero attached hydrogens (tertiary/aromatic N) is 1. The van der Waals surface area contributed by atoms with Crippen molar-refractivity contribution < 1.29 is 4.74 Å². The fourth-order valence-electron chi connectivity index (χ4n) is 1.73. The van der Waals surface area contributed by atoms with Gasteiger partial charge < -0.3 is 10.5 Å². The number of hydrogen-bond donors (Lipinski definition) is 1. The number of benzene rings is 1. The van der Waals surface area contributed by atoms with E-state index in [-0.39, 0.29) is 5.56 Å². The van der Waals surface area contributed by atoms with E-state index in [1.807, 2.05) is 24.3 Å². The summed E-state index contributed by atoms with van der Waals surface area (Å²) in [5.74, 6) is 0.473. The van der Waals surface area contributed by atoms with Crippen LogP contribution in [0.2, 0.25) is 0 Å². The number of rotatable bonds is 3. The Labute approximate surface area is 93.3 Å². The highest BCUT2D eigenvalue weighted by Gasteiger charge is 2.05. The SMILES string of the molecule is COCCn1c(N)cc2ccccc2c1=O. The number of aromatic nitrogens is 1. The molecular weight excluding hydrogens is 204 g/mol. The summed E-state index contributed by atoms with van der Waals surface area (Å²) >= 11 is 0. The smallest absolute Gasteiger partial charge is 0.260 e. The molecule has 0 spiro atoms. The number of nitrogen functional groups attached to an aromatic ring is 1. The molecule has 2 aromatic rings. The maximum absolute atomic E-state index is 12.1. The van der Waals surface area contributed by atoms with Crippen LogP contribution in [-0.4, -0.2) is 18.3 Å². The van der Waals surface area contributed by atoms with Crippen molar-refractivity contribution in [1.29, 1.82) is 0 Å². The van der Waals surface area contributed by atoms with Gasteiger partial charge in [0.1, 0.15) is 5.82 Å². The number of fused-ring (bicyclic) bond motifs is 1. The molecule has 0 aliphatic heterocycles. The summed E-state index contributed by atoms with van der Waals surface area (Å²) < 4.78 is 6.49. The Morgan fingerprint density at radius 3 is 2.88 bits per heavy atom.